The average molecular weight is 346 g/mol. The molecule has 0 radical (unpaired) electrons. The molecule has 2 fully saturated rings. The number of hydrogen-bond donors (Lipinski definition) is 0. The second kappa shape index (κ2) is 7.39. The minimum Gasteiger partial charge on any atom is -0.338 e. The summed E-state index contributed by atoms with van der Waals surface area (Å²) in [4.78, 5) is 42.7. The van der Waals surface area contributed by atoms with Gasteiger partial charge in [-0.2, -0.15) is 0 Å². The molecule has 2 aliphatic rings. The Balaban J connectivity index is 1.54. The fraction of sp³-hybridized carbons (Fsp3) is 0.611. The Morgan fingerprint density at radius 2 is 1.80 bits per heavy atom. The van der Waals surface area contributed by atoms with Gasteiger partial charge < -0.3 is 14.4 Å². The highest BCUT2D eigenvalue weighted by molar-refractivity contribution is 5.83. The smallest absolute Gasteiger partial charge is 0.251 e. The van der Waals surface area contributed by atoms with Crippen LogP contribution in [0.4, 0.5) is 0 Å². The molecule has 1 aromatic rings. The highest BCUT2D eigenvalue weighted by Gasteiger charge is 2.33. The van der Waals surface area contributed by atoms with Crippen LogP contribution in [0.15, 0.2) is 23.1 Å². The molecule has 0 bridgehead atoms. The third kappa shape index (κ3) is 3.92. The predicted octanol–water partition coefficient (Wildman–Crippen LogP) is -0.0783. The van der Waals surface area contributed by atoms with Crippen LogP contribution >= 0.6 is 0 Å². The number of carbonyl (C=O) groups excluding carboxylic acids is 2. The van der Waals surface area contributed by atoms with Crippen LogP contribution in [0.3, 0.4) is 0 Å². The average Bonchev–Trinajstić information content (AvgIpc) is 3.03. The molecule has 0 aliphatic carbocycles. The fourth-order valence-electron chi connectivity index (χ4n) is 3.59. The molecular weight excluding hydrogens is 320 g/mol. The van der Waals surface area contributed by atoms with Crippen molar-refractivity contribution in [3.63, 3.8) is 0 Å². The molecule has 7 heteroatoms. The lowest BCUT2D eigenvalue weighted by Gasteiger charge is -2.37. The van der Waals surface area contributed by atoms with Gasteiger partial charge in [0.15, 0.2) is 0 Å². The lowest BCUT2D eigenvalue weighted by atomic mass is 10.1. The maximum absolute atomic E-state index is 12.6. The van der Waals surface area contributed by atoms with Crippen LogP contribution in [0, 0.1) is 6.92 Å². The summed E-state index contributed by atoms with van der Waals surface area (Å²) in [5.41, 5.74) is 0.726. The van der Waals surface area contributed by atoms with E-state index in [1.807, 2.05) is 24.9 Å². The van der Waals surface area contributed by atoms with Crippen molar-refractivity contribution in [2.75, 3.05) is 39.8 Å². The van der Waals surface area contributed by atoms with Crippen molar-refractivity contribution in [2.45, 2.75) is 32.4 Å². The molecule has 0 saturated carbocycles. The van der Waals surface area contributed by atoms with E-state index < -0.39 is 0 Å². The molecule has 0 spiro atoms. The second-order valence-electron chi connectivity index (χ2n) is 7.01. The third-order valence-electron chi connectivity index (χ3n) is 5.21. The van der Waals surface area contributed by atoms with E-state index in [0.29, 0.717) is 26.2 Å². The minimum atomic E-state index is -0.161. The summed E-state index contributed by atoms with van der Waals surface area (Å²) < 4.78 is 1.43. The van der Waals surface area contributed by atoms with Gasteiger partial charge in [0.25, 0.3) is 5.56 Å². The van der Waals surface area contributed by atoms with Crippen LogP contribution < -0.4 is 5.56 Å². The molecule has 0 aromatic carbocycles. The Bertz CT molecular complexity index is 707. The van der Waals surface area contributed by atoms with Gasteiger partial charge in [0, 0.05) is 38.4 Å². The predicted molar refractivity (Wildman–Crippen MR) is 94.3 cm³/mol. The topological polar surface area (TPSA) is 65.9 Å². The van der Waals surface area contributed by atoms with E-state index in [-0.39, 0.29) is 30.0 Å². The summed E-state index contributed by atoms with van der Waals surface area (Å²) in [5, 5.41) is 0. The van der Waals surface area contributed by atoms with E-state index in [2.05, 4.69) is 4.90 Å². The lowest BCUT2D eigenvalue weighted by Crippen LogP contribution is -2.54. The van der Waals surface area contributed by atoms with Gasteiger partial charge in [0.05, 0.1) is 6.04 Å². The number of piperazine rings is 1. The zero-order valence-corrected chi connectivity index (χ0v) is 15.0. The van der Waals surface area contributed by atoms with Crippen molar-refractivity contribution in [3.05, 3.63) is 34.2 Å². The largest absolute Gasteiger partial charge is 0.338 e. The number of hydrogen-bond acceptors (Lipinski definition) is 4. The Morgan fingerprint density at radius 1 is 1.12 bits per heavy atom. The van der Waals surface area contributed by atoms with E-state index in [1.165, 1.54) is 10.6 Å². The van der Waals surface area contributed by atoms with Crippen molar-refractivity contribution >= 4 is 11.8 Å². The van der Waals surface area contributed by atoms with E-state index in [4.69, 9.17) is 0 Å². The first-order valence-corrected chi connectivity index (χ1v) is 8.89. The summed E-state index contributed by atoms with van der Waals surface area (Å²) >= 11 is 0. The molecule has 0 unspecified atom stereocenters. The van der Waals surface area contributed by atoms with Gasteiger partial charge in [0.1, 0.15) is 6.54 Å². The first kappa shape index (κ1) is 17.7. The van der Waals surface area contributed by atoms with E-state index in [9.17, 15) is 14.4 Å². The second-order valence-corrected chi connectivity index (χ2v) is 7.01. The lowest BCUT2D eigenvalue weighted by molar-refractivity contribution is -0.142. The molecule has 7 nitrogen and oxygen atoms in total. The maximum atomic E-state index is 12.6. The number of likely N-dealkylation sites (tertiary alicyclic amines) is 1. The minimum absolute atomic E-state index is 0.00612. The zero-order chi connectivity index (χ0) is 18.0. The van der Waals surface area contributed by atoms with Crippen molar-refractivity contribution in [1.82, 2.24) is 19.3 Å². The van der Waals surface area contributed by atoms with Crippen LogP contribution in [0.5, 0.6) is 0 Å². The van der Waals surface area contributed by atoms with Crippen LogP contribution in [0.1, 0.15) is 18.4 Å². The standard InChI is InChI=1S/C18H26N4O3/c1-14-5-7-22(16(23)12-14)13-17(24)20-8-10-21(11-9-20)18(25)15-4-3-6-19(15)2/h5,7,12,15H,3-4,6,8-11,13H2,1-2H3/t15-/m0/s1. The summed E-state index contributed by atoms with van der Waals surface area (Å²) in [6.45, 7) is 5.07. The summed E-state index contributed by atoms with van der Waals surface area (Å²) in [7, 11) is 1.99. The van der Waals surface area contributed by atoms with Gasteiger partial charge in [0.2, 0.25) is 11.8 Å². The van der Waals surface area contributed by atoms with Gasteiger partial charge >= 0.3 is 0 Å². The van der Waals surface area contributed by atoms with Crippen LogP contribution in [-0.2, 0) is 16.1 Å². The number of amides is 2. The highest BCUT2D eigenvalue weighted by atomic mass is 16.2. The summed E-state index contributed by atoms with van der Waals surface area (Å²) in [6.07, 6.45) is 3.65. The molecule has 2 amide bonds. The molecule has 0 N–H and O–H groups in total. The summed E-state index contributed by atoms with van der Waals surface area (Å²) in [6, 6.07) is 3.35. The first-order valence-electron chi connectivity index (χ1n) is 8.89. The van der Waals surface area contributed by atoms with Crippen molar-refractivity contribution < 1.29 is 9.59 Å². The van der Waals surface area contributed by atoms with Crippen molar-refractivity contribution in [2.24, 2.45) is 0 Å². The Hall–Kier alpha value is -2.15. The van der Waals surface area contributed by atoms with Gasteiger partial charge in [-0.1, -0.05) is 0 Å². The molecule has 2 saturated heterocycles. The van der Waals surface area contributed by atoms with Crippen LogP contribution in [-0.4, -0.2) is 76.9 Å². The third-order valence-corrected chi connectivity index (χ3v) is 5.21. The van der Waals surface area contributed by atoms with Gasteiger partial charge in [-0.15, -0.1) is 0 Å². The first-order chi connectivity index (χ1) is 12.0. The number of pyridine rings is 1. The molecule has 25 heavy (non-hydrogen) atoms. The van der Waals surface area contributed by atoms with Crippen LogP contribution in [0.25, 0.3) is 0 Å². The molecule has 2 aliphatic heterocycles. The number of aromatic nitrogens is 1. The van der Waals surface area contributed by atoms with E-state index in [0.717, 1.165) is 24.9 Å². The van der Waals surface area contributed by atoms with E-state index >= 15 is 0 Å². The zero-order valence-electron chi connectivity index (χ0n) is 15.0. The van der Waals surface area contributed by atoms with Crippen molar-refractivity contribution in [1.29, 1.82) is 0 Å². The number of nitrogens with zero attached hydrogens (tertiary/aromatic N) is 4. The van der Waals surface area contributed by atoms with Gasteiger partial charge in [-0.05, 0) is 45.0 Å². The number of rotatable bonds is 3. The van der Waals surface area contributed by atoms with Crippen LogP contribution in [0.2, 0.25) is 0 Å². The molecule has 136 valence electrons. The Kier molecular flexibility index (Phi) is 5.22. The number of aryl methyl sites for hydroxylation is 1. The molecule has 1 aromatic heterocycles. The van der Waals surface area contributed by atoms with E-state index in [1.54, 1.807) is 11.1 Å². The Morgan fingerprint density at radius 3 is 2.40 bits per heavy atom. The SMILES string of the molecule is Cc1ccn(CC(=O)N2CCN(C(=O)[C@@H]3CCCN3C)CC2)c(=O)c1. The maximum Gasteiger partial charge on any atom is 0.251 e. The number of carbonyl (C=O) groups is 2. The quantitative estimate of drug-likeness (QED) is 0.768. The van der Waals surface area contributed by atoms with Gasteiger partial charge in [-0.3, -0.25) is 19.3 Å². The highest BCUT2D eigenvalue weighted by Crippen LogP contribution is 2.18. The molecule has 3 heterocycles. The van der Waals surface area contributed by atoms with Gasteiger partial charge in [-0.25, -0.2) is 0 Å². The number of likely N-dealkylation sites (N-methyl/N-ethyl adjacent to an activating group) is 1. The normalized spacial score (nSPS) is 21.6. The summed E-state index contributed by atoms with van der Waals surface area (Å²) in [5.74, 6) is 0.109. The molecule has 1 atom stereocenters. The monoisotopic (exact) mass is 346 g/mol. The Labute approximate surface area is 147 Å². The molecular formula is C18H26N4O3. The molecule has 3 rings (SSSR count). The van der Waals surface area contributed by atoms with Crippen molar-refractivity contribution in [3.8, 4) is 0 Å². The fourth-order valence-corrected chi connectivity index (χ4v) is 3.59.